The molecule has 0 radical (unpaired) electrons. The molecule has 1 aromatic heterocycles. The lowest BCUT2D eigenvalue weighted by atomic mass is 9.95. The fraction of sp³-hybridized carbons (Fsp3) is 0.148. The maximum Gasteiger partial charge on any atom is 0.301 e. The van der Waals surface area contributed by atoms with Gasteiger partial charge in [0, 0.05) is 5.56 Å². The van der Waals surface area contributed by atoms with Gasteiger partial charge in [0.05, 0.1) is 35.5 Å². The summed E-state index contributed by atoms with van der Waals surface area (Å²) in [5, 5.41) is 21.7. The summed E-state index contributed by atoms with van der Waals surface area (Å²) in [6.45, 7) is 2.02. The van der Waals surface area contributed by atoms with Crippen LogP contribution in [0, 0.1) is 5.82 Å². The molecule has 1 fully saturated rings. The summed E-state index contributed by atoms with van der Waals surface area (Å²) in [5.74, 6) is -2.06. The van der Waals surface area contributed by atoms with Crippen LogP contribution >= 0.6 is 11.3 Å². The van der Waals surface area contributed by atoms with Crippen LogP contribution in [0.15, 0.2) is 66.2 Å². The lowest BCUT2D eigenvalue weighted by Crippen LogP contribution is -2.29. The highest BCUT2D eigenvalue weighted by Gasteiger charge is 2.48. The minimum Gasteiger partial charge on any atom is -0.507 e. The number of aromatic hydroxyl groups is 1. The third kappa shape index (κ3) is 4.25. The summed E-state index contributed by atoms with van der Waals surface area (Å²) in [4.78, 5) is 32.4. The predicted octanol–water partition coefficient (Wildman–Crippen LogP) is 5.17. The third-order valence-corrected chi connectivity index (χ3v) is 6.97. The molecule has 2 heterocycles. The van der Waals surface area contributed by atoms with Gasteiger partial charge in [0.15, 0.2) is 16.6 Å². The molecule has 2 N–H and O–H groups in total. The van der Waals surface area contributed by atoms with Gasteiger partial charge in [0.25, 0.3) is 5.78 Å². The van der Waals surface area contributed by atoms with Gasteiger partial charge in [-0.25, -0.2) is 9.37 Å². The van der Waals surface area contributed by atoms with Crippen LogP contribution < -0.4 is 14.4 Å². The second-order valence-corrected chi connectivity index (χ2v) is 9.18. The molecule has 0 bridgehead atoms. The van der Waals surface area contributed by atoms with Gasteiger partial charge < -0.3 is 19.7 Å². The maximum absolute atomic E-state index is 13.8. The predicted molar refractivity (Wildman–Crippen MR) is 137 cm³/mol. The number of thiazole rings is 1. The average molecular weight is 521 g/mol. The molecule has 1 saturated heterocycles. The fourth-order valence-electron chi connectivity index (χ4n) is 4.21. The zero-order chi connectivity index (χ0) is 26.3. The van der Waals surface area contributed by atoms with Crippen LogP contribution in [0.2, 0.25) is 0 Å². The van der Waals surface area contributed by atoms with E-state index in [0.717, 1.165) is 11.3 Å². The molecule has 8 nitrogen and oxygen atoms in total. The minimum atomic E-state index is -1.09. The SMILES string of the molecule is CCOc1cc(C2/C(=C(\O)c3ccc(OC)cc3)C(=O)C(=O)N2c2nc3ccc(F)cc3s2)ccc1O. The first-order valence-electron chi connectivity index (χ1n) is 11.3. The Labute approximate surface area is 214 Å². The standard InChI is InChI=1S/C27H21FN2O6S/c1-3-36-20-12-15(6-11-19(20)31)23-22(24(32)14-4-8-17(35-2)9-5-14)25(33)26(34)30(23)27-29-18-10-7-16(28)13-21(18)37-27/h4-13,23,31-32H,3H2,1-2H3/b24-22+. The summed E-state index contributed by atoms with van der Waals surface area (Å²) < 4.78 is 25.0. The number of fused-ring (bicyclic) bond motifs is 1. The van der Waals surface area contributed by atoms with Crippen molar-refractivity contribution in [3.8, 4) is 17.2 Å². The van der Waals surface area contributed by atoms with E-state index in [4.69, 9.17) is 9.47 Å². The summed E-state index contributed by atoms with van der Waals surface area (Å²) in [7, 11) is 1.51. The van der Waals surface area contributed by atoms with Crippen molar-refractivity contribution < 1.29 is 33.7 Å². The Morgan fingerprint density at radius 3 is 2.57 bits per heavy atom. The Morgan fingerprint density at radius 1 is 1.11 bits per heavy atom. The molecule has 37 heavy (non-hydrogen) atoms. The van der Waals surface area contributed by atoms with Crippen LogP contribution in [0.25, 0.3) is 16.0 Å². The number of Topliss-reactive ketones (excluding diaryl/α,β-unsaturated/α-hetero) is 1. The molecule has 0 spiro atoms. The van der Waals surface area contributed by atoms with Gasteiger partial charge >= 0.3 is 5.91 Å². The molecular weight excluding hydrogens is 499 g/mol. The number of anilines is 1. The van der Waals surface area contributed by atoms with E-state index in [0.29, 0.717) is 27.1 Å². The number of carbonyl (C=O) groups is 2. The maximum atomic E-state index is 13.8. The molecule has 0 aliphatic carbocycles. The van der Waals surface area contributed by atoms with Gasteiger partial charge in [-0.2, -0.15) is 0 Å². The average Bonchev–Trinajstić information content (AvgIpc) is 3.42. The second-order valence-electron chi connectivity index (χ2n) is 8.17. The number of aliphatic hydroxyl groups is 1. The van der Waals surface area contributed by atoms with Crippen LogP contribution in [0.4, 0.5) is 9.52 Å². The number of halogens is 1. The normalized spacial score (nSPS) is 16.9. The number of aliphatic hydroxyl groups excluding tert-OH is 1. The van der Waals surface area contributed by atoms with E-state index in [1.807, 2.05) is 0 Å². The largest absolute Gasteiger partial charge is 0.507 e. The Balaban J connectivity index is 1.73. The number of benzene rings is 3. The number of ether oxygens (including phenoxy) is 2. The number of hydrogen-bond donors (Lipinski definition) is 2. The van der Waals surface area contributed by atoms with E-state index >= 15 is 0 Å². The van der Waals surface area contributed by atoms with Gasteiger partial charge in [-0.15, -0.1) is 0 Å². The van der Waals surface area contributed by atoms with Crippen LogP contribution in [0.5, 0.6) is 17.2 Å². The van der Waals surface area contributed by atoms with Gasteiger partial charge in [-0.3, -0.25) is 14.5 Å². The lowest BCUT2D eigenvalue weighted by Gasteiger charge is -2.23. The molecule has 1 amide bonds. The van der Waals surface area contributed by atoms with Crippen molar-refractivity contribution >= 4 is 44.1 Å². The molecular formula is C27H21FN2O6S. The van der Waals surface area contributed by atoms with E-state index in [1.54, 1.807) is 31.2 Å². The number of nitrogens with zero attached hydrogens (tertiary/aromatic N) is 2. The number of methoxy groups -OCH3 is 1. The second kappa shape index (κ2) is 9.55. The van der Waals surface area contributed by atoms with Crippen LogP contribution in [-0.4, -0.2) is 40.6 Å². The van der Waals surface area contributed by atoms with Crippen molar-refractivity contribution in [2.45, 2.75) is 13.0 Å². The number of phenols is 1. The van der Waals surface area contributed by atoms with Crippen molar-refractivity contribution in [3.05, 3.63) is 83.2 Å². The van der Waals surface area contributed by atoms with Crippen molar-refractivity contribution in [2.75, 3.05) is 18.6 Å². The molecule has 4 aromatic rings. The Hall–Kier alpha value is -4.44. The molecule has 10 heteroatoms. The van der Waals surface area contributed by atoms with Gasteiger partial charge in [-0.05, 0) is 67.1 Å². The molecule has 1 atom stereocenters. The topological polar surface area (TPSA) is 109 Å². The molecule has 1 aliphatic heterocycles. The Kier molecular flexibility index (Phi) is 6.26. The highest BCUT2D eigenvalue weighted by molar-refractivity contribution is 7.22. The molecule has 188 valence electrons. The Bertz CT molecular complexity index is 1560. The number of phenolic OH excluding ortho intramolecular Hbond substituents is 1. The molecule has 3 aromatic carbocycles. The third-order valence-electron chi connectivity index (χ3n) is 5.95. The first-order valence-corrected chi connectivity index (χ1v) is 12.1. The zero-order valence-corrected chi connectivity index (χ0v) is 20.6. The summed E-state index contributed by atoms with van der Waals surface area (Å²) in [6, 6.07) is 13.8. The number of aromatic nitrogens is 1. The first-order chi connectivity index (χ1) is 17.8. The smallest absolute Gasteiger partial charge is 0.301 e. The van der Waals surface area contributed by atoms with Crippen molar-refractivity contribution in [1.29, 1.82) is 0 Å². The summed E-state index contributed by atoms with van der Waals surface area (Å²) >= 11 is 1.05. The monoisotopic (exact) mass is 520 g/mol. The van der Waals surface area contributed by atoms with E-state index in [1.165, 1.54) is 48.4 Å². The highest BCUT2D eigenvalue weighted by Crippen LogP contribution is 2.45. The van der Waals surface area contributed by atoms with Crippen molar-refractivity contribution in [2.24, 2.45) is 0 Å². The van der Waals surface area contributed by atoms with Gasteiger partial charge in [0.2, 0.25) is 0 Å². The van der Waals surface area contributed by atoms with E-state index in [2.05, 4.69) is 4.98 Å². The number of rotatable bonds is 6. The quantitative estimate of drug-likeness (QED) is 0.205. The molecule has 1 unspecified atom stereocenters. The number of hydrogen-bond acceptors (Lipinski definition) is 8. The van der Waals surface area contributed by atoms with E-state index in [-0.39, 0.29) is 34.6 Å². The zero-order valence-electron chi connectivity index (χ0n) is 19.8. The molecule has 0 saturated carbocycles. The summed E-state index contributed by atoms with van der Waals surface area (Å²) in [6.07, 6.45) is 0. The van der Waals surface area contributed by atoms with Crippen LogP contribution in [0.1, 0.15) is 24.1 Å². The summed E-state index contributed by atoms with van der Waals surface area (Å²) in [5.41, 5.74) is 1.01. The number of carbonyl (C=O) groups excluding carboxylic acids is 2. The van der Waals surface area contributed by atoms with Crippen LogP contribution in [-0.2, 0) is 9.59 Å². The lowest BCUT2D eigenvalue weighted by molar-refractivity contribution is -0.132. The molecule has 5 rings (SSSR count). The van der Waals surface area contributed by atoms with Gasteiger partial charge in [-0.1, -0.05) is 17.4 Å². The number of amides is 1. The molecule has 1 aliphatic rings. The minimum absolute atomic E-state index is 0.117. The van der Waals surface area contributed by atoms with E-state index < -0.39 is 23.5 Å². The van der Waals surface area contributed by atoms with Crippen LogP contribution in [0.3, 0.4) is 0 Å². The van der Waals surface area contributed by atoms with E-state index in [9.17, 15) is 24.2 Å². The van der Waals surface area contributed by atoms with Crippen molar-refractivity contribution in [3.63, 3.8) is 0 Å². The fourth-order valence-corrected chi connectivity index (χ4v) is 5.23. The first kappa shape index (κ1) is 24.3. The number of ketones is 1. The van der Waals surface area contributed by atoms with Crippen molar-refractivity contribution in [1.82, 2.24) is 4.98 Å². The Morgan fingerprint density at radius 2 is 1.86 bits per heavy atom. The highest BCUT2D eigenvalue weighted by atomic mass is 32.1. The van der Waals surface area contributed by atoms with Gasteiger partial charge in [0.1, 0.15) is 17.3 Å².